The third-order valence-electron chi connectivity index (χ3n) is 2.01. The summed E-state index contributed by atoms with van der Waals surface area (Å²) in [7, 11) is 0. The highest BCUT2D eigenvalue weighted by molar-refractivity contribution is 5.57. The van der Waals surface area contributed by atoms with Gasteiger partial charge < -0.3 is 10.2 Å². The Morgan fingerprint density at radius 3 is 2.27 bits per heavy atom. The first kappa shape index (κ1) is 9.86. The van der Waals surface area contributed by atoms with Gasteiger partial charge in [0.25, 0.3) is 0 Å². The van der Waals surface area contributed by atoms with Gasteiger partial charge in [-0.05, 0) is 24.3 Å². The van der Waals surface area contributed by atoms with Crippen molar-refractivity contribution in [2.45, 2.75) is 6.54 Å². The lowest BCUT2D eigenvalue weighted by Gasteiger charge is -1.98. The van der Waals surface area contributed by atoms with Gasteiger partial charge in [-0.3, -0.25) is 0 Å². The van der Waals surface area contributed by atoms with Crippen LogP contribution in [0.3, 0.4) is 0 Å². The van der Waals surface area contributed by atoms with Crippen molar-refractivity contribution in [3.05, 3.63) is 47.7 Å². The molecule has 0 saturated carbocycles. The van der Waals surface area contributed by atoms with Crippen molar-refractivity contribution < 1.29 is 13.2 Å². The minimum atomic E-state index is -0.629. The van der Waals surface area contributed by atoms with Gasteiger partial charge in [0.05, 0.1) is 6.54 Å². The van der Waals surface area contributed by atoms with Gasteiger partial charge in [-0.1, -0.05) is 0 Å². The van der Waals surface area contributed by atoms with E-state index in [0.29, 0.717) is 17.1 Å². The first-order chi connectivity index (χ1) is 7.19. The van der Waals surface area contributed by atoms with E-state index in [-0.39, 0.29) is 6.54 Å². The molecule has 4 heteroatoms. The van der Waals surface area contributed by atoms with Gasteiger partial charge in [0.1, 0.15) is 23.2 Å². The molecule has 0 atom stereocenters. The minimum absolute atomic E-state index is 0.262. The summed E-state index contributed by atoms with van der Waals surface area (Å²) in [5.74, 6) is -0.269. The van der Waals surface area contributed by atoms with Gasteiger partial charge in [0, 0.05) is 11.6 Å². The number of furan rings is 1. The van der Waals surface area contributed by atoms with E-state index in [9.17, 15) is 8.78 Å². The van der Waals surface area contributed by atoms with E-state index in [1.54, 1.807) is 12.1 Å². The predicted octanol–water partition coefficient (Wildman–Crippen LogP) is 2.68. The normalized spacial score (nSPS) is 10.6. The lowest BCUT2D eigenvalue weighted by Crippen LogP contribution is -1.92. The Balaban J connectivity index is 2.44. The first-order valence-electron chi connectivity index (χ1n) is 4.44. The van der Waals surface area contributed by atoms with Crippen LogP contribution in [-0.4, -0.2) is 0 Å². The van der Waals surface area contributed by atoms with Gasteiger partial charge in [-0.25, -0.2) is 8.78 Å². The molecule has 15 heavy (non-hydrogen) atoms. The number of hydrogen-bond acceptors (Lipinski definition) is 2. The minimum Gasteiger partial charge on any atom is -0.460 e. The number of hydrogen-bond donors (Lipinski definition) is 1. The second kappa shape index (κ2) is 3.82. The van der Waals surface area contributed by atoms with E-state index in [2.05, 4.69) is 0 Å². The molecule has 0 fully saturated rings. The highest BCUT2D eigenvalue weighted by atomic mass is 19.1. The van der Waals surface area contributed by atoms with E-state index < -0.39 is 11.6 Å². The Hall–Kier alpha value is -1.68. The summed E-state index contributed by atoms with van der Waals surface area (Å²) in [5.41, 5.74) is 5.73. The molecule has 1 aromatic heterocycles. The van der Waals surface area contributed by atoms with Crippen LogP contribution in [0, 0.1) is 11.6 Å². The van der Waals surface area contributed by atoms with Gasteiger partial charge in [0.2, 0.25) is 0 Å². The fourth-order valence-corrected chi connectivity index (χ4v) is 1.34. The van der Waals surface area contributed by atoms with Crippen molar-refractivity contribution in [3.63, 3.8) is 0 Å². The van der Waals surface area contributed by atoms with Crippen molar-refractivity contribution in [1.29, 1.82) is 0 Å². The zero-order valence-electron chi connectivity index (χ0n) is 7.84. The number of halogens is 2. The summed E-state index contributed by atoms with van der Waals surface area (Å²) in [6, 6.07) is 6.55. The molecule has 2 aromatic rings. The first-order valence-corrected chi connectivity index (χ1v) is 4.44. The van der Waals surface area contributed by atoms with Crippen LogP contribution in [0.1, 0.15) is 5.76 Å². The maximum Gasteiger partial charge on any atom is 0.134 e. The zero-order chi connectivity index (χ0) is 10.8. The Morgan fingerprint density at radius 1 is 1.07 bits per heavy atom. The molecule has 0 aliphatic heterocycles. The molecule has 0 spiro atoms. The monoisotopic (exact) mass is 209 g/mol. The van der Waals surface area contributed by atoms with Crippen LogP contribution in [0.4, 0.5) is 8.78 Å². The summed E-state index contributed by atoms with van der Waals surface area (Å²) in [4.78, 5) is 0. The van der Waals surface area contributed by atoms with E-state index >= 15 is 0 Å². The quantitative estimate of drug-likeness (QED) is 0.825. The molecule has 78 valence electrons. The third kappa shape index (κ3) is 2.05. The van der Waals surface area contributed by atoms with Crippen molar-refractivity contribution in [2.75, 3.05) is 0 Å². The standard InChI is InChI=1S/C11H9F2NO/c12-8-3-7(4-9(13)5-8)11-2-1-10(6-14)15-11/h1-5H,6,14H2. The lowest BCUT2D eigenvalue weighted by atomic mass is 10.1. The summed E-state index contributed by atoms with van der Waals surface area (Å²) >= 11 is 0. The average molecular weight is 209 g/mol. The molecule has 2 nitrogen and oxygen atoms in total. The molecule has 0 amide bonds. The molecule has 1 aromatic carbocycles. The van der Waals surface area contributed by atoms with Gasteiger partial charge in [-0.2, -0.15) is 0 Å². The molecule has 2 rings (SSSR count). The lowest BCUT2D eigenvalue weighted by molar-refractivity contribution is 0.523. The van der Waals surface area contributed by atoms with E-state index in [1.807, 2.05) is 0 Å². The molecule has 0 aliphatic carbocycles. The fourth-order valence-electron chi connectivity index (χ4n) is 1.34. The molecule has 0 saturated heterocycles. The highest BCUT2D eigenvalue weighted by Gasteiger charge is 2.07. The number of rotatable bonds is 2. The summed E-state index contributed by atoms with van der Waals surface area (Å²) in [6.07, 6.45) is 0. The second-order valence-electron chi connectivity index (χ2n) is 3.13. The van der Waals surface area contributed by atoms with Gasteiger partial charge in [0.15, 0.2) is 0 Å². The topological polar surface area (TPSA) is 39.2 Å². The second-order valence-corrected chi connectivity index (χ2v) is 3.13. The third-order valence-corrected chi connectivity index (χ3v) is 2.01. The molecule has 2 N–H and O–H groups in total. The molecule has 0 radical (unpaired) electrons. The van der Waals surface area contributed by atoms with Crippen LogP contribution in [0.25, 0.3) is 11.3 Å². The average Bonchev–Trinajstić information content (AvgIpc) is 2.64. The Bertz CT molecular complexity index is 459. The summed E-state index contributed by atoms with van der Waals surface area (Å²) in [6.45, 7) is 0.262. The Kier molecular flexibility index (Phi) is 2.51. The molecule has 0 bridgehead atoms. The van der Waals surface area contributed by atoms with Gasteiger partial charge in [-0.15, -0.1) is 0 Å². The van der Waals surface area contributed by atoms with Crippen molar-refractivity contribution >= 4 is 0 Å². The maximum atomic E-state index is 12.9. The zero-order valence-corrected chi connectivity index (χ0v) is 7.84. The van der Waals surface area contributed by atoms with Crippen molar-refractivity contribution in [3.8, 4) is 11.3 Å². The van der Waals surface area contributed by atoms with E-state index in [4.69, 9.17) is 10.2 Å². The maximum absolute atomic E-state index is 12.9. The molecule has 0 unspecified atom stereocenters. The molecule has 0 aliphatic rings. The van der Waals surface area contributed by atoms with Crippen LogP contribution in [0.2, 0.25) is 0 Å². The molecule has 1 heterocycles. The summed E-state index contributed by atoms with van der Waals surface area (Å²) in [5, 5.41) is 0. The number of nitrogens with two attached hydrogens (primary N) is 1. The SMILES string of the molecule is NCc1ccc(-c2cc(F)cc(F)c2)o1. The van der Waals surface area contributed by atoms with E-state index in [0.717, 1.165) is 6.07 Å². The molecular formula is C11H9F2NO. The van der Waals surface area contributed by atoms with Gasteiger partial charge >= 0.3 is 0 Å². The van der Waals surface area contributed by atoms with Crippen LogP contribution >= 0.6 is 0 Å². The largest absolute Gasteiger partial charge is 0.460 e. The number of benzene rings is 1. The van der Waals surface area contributed by atoms with Crippen LogP contribution < -0.4 is 5.73 Å². The van der Waals surface area contributed by atoms with E-state index in [1.165, 1.54) is 12.1 Å². The van der Waals surface area contributed by atoms with Crippen LogP contribution in [-0.2, 0) is 6.54 Å². The Labute approximate surface area is 85.3 Å². The molecular weight excluding hydrogens is 200 g/mol. The fraction of sp³-hybridized carbons (Fsp3) is 0.0909. The highest BCUT2D eigenvalue weighted by Crippen LogP contribution is 2.23. The predicted molar refractivity (Wildman–Crippen MR) is 52.0 cm³/mol. The van der Waals surface area contributed by atoms with Crippen LogP contribution in [0.15, 0.2) is 34.7 Å². The van der Waals surface area contributed by atoms with Crippen molar-refractivity contribution in [1.82, 2.24) is 0 Å². The van der Waals surface area contributed by atoms with Crippen molar-refractivity contribution in [2.24, 2.45) is 5.73 Å². The van der Waals surface area contributed by atoms with Crippen LogP contribution in [0.5, 0.6) is 0 Å². The smallest absolute Gasteiger partial charge is 0.134 e. The Morgan fingerprint density at radius 2 is 1.73 bits per heavy atom. The summed E-state index contributed by atoms with van der Waals surface area (Å²) < 4.78 is 31.1.